The molecule has 0 aliphatic rings. The predicted molar refractivity (Wildman–Crippen MR) is 60.9 cm³/mol. The van der Waals surface area contributed by atoms with Crippen LogP contribution < -0.4 is 16.0 Å². The van der Waals surface area contributed by atoms with Crippen LogP contribution in [0, 0.1) is 10.8 Å². The molecule has 0 heterocycles. The van der Waals surface area contributed by atoms with Crippen molar-refractivity contribution in [3.63, 3.8) is 0 Å². The summed E-state index contributed by atoms with van der Waals surface area (Å²) in [6.07, 6.45) is 0. The molecular weight excluding hydrogens is 222 g/mol. The van der Waals surface area contributed by atoms with Crippen molar-refractivity contribution in [1.29, 1.82) is 0 Å². The summed E-state index contributed by atoms with van der Waals surface area (Å²) >= 11 is 0. The van der Waals surface area contributed by atoms with Gasteiger partial charge in [-0.1, -0.05) is 26.0 Å². The van der Waals surface area contributed by atoms with Crippen LogP contribution in [-0.4, -0.2) is 11.8 Å². The lowest BCUT2D eigenvalue weighted by Crippen LogP contribution is -2.57. The van der Waals surface area contributed by atoms with E-state index < -0.39 is 5.91 Å². The molecule has 0 aromatic heterocycles. The van der Waals surface area contributed by atoms with E-state index in [9.17, 15) is 14.5 Å². The second-order valence-corrected chi connectivity index (χ2v) is 3.75. The lowest BCUT2D eigenvalue weighted by atomic mass is 10.2. The molecule has 0 unspecified atom stereocenters. The Morgan fingerprint density at radius 1 is 1.18 bits per heavy atom. The van der Waals surface area contributed by atoms with E-state index in [0.29, 0.717) is 0 Å². The van der Waals surface area contributed by atoms with Crippen molar-refractivity contribution in [3.05, 3.63) is 34.7 Å². The molecule has 3 N–H and O–H groups in total. The summed E-state index contributed by atoms with van der Waals surface area (Å²) in [5.74, 6) is -1.08. The fourth-order valence-electron chi connectivity index (χ4n) is 1.10. The molecule has 0 saturated carbocycles. The smallest absolute Gasteiger partial charge is 0.273 e. The fraction of sp³-hybridized carbons (Fsp3) is 0.273. The van der Waals surface area contributed by atoms with Crippen LogP contribution in [-0.2, 0) is 4.79 Å². The molecule has 2 amide bonds. The average molecular weight is 236 g/mol. The van der Waals surface area contributed by atoms with Crippen molar-refractivity contribution in [1.82, 2.24) is 10.9 Å². The molecule has 1 aromatic carbocycles. The predicted octanol–water partition coefficient (Wildman–Crippen LogP) is -0.418. The lowest BCUT2D eigenvalue weighted by Gasteiger charge is -2.08. The van der Waals surface area contributed by atoms with Gasteiger partial charge in [0.15, 0.2) is 0 Å². The van der Waals surface area contributed by atoms with Crippen molar-refractivity contribution < 1.29 is 14.8 Å². The van der Waals surface area contributed by atoms with E-state index in [0.717, 1.165) is 0 Å². The van der Waals surface area contributed by atoms with Crippen LogP contribution in [0.4, 0.5) is 5.69 Å². The molecule has 1 rings (SSSR count). The highest BCUT2D eigenvalue weighted by Gasteiger charge is 2.16. The van der Waals surface area contributed by atoms with Gasteiger partial charge in [0.05, 0.1) is 0 Å². The number of hydrogen-bond acceptors (Lipinski definition) is 3. The lowest BCUT2D eigenvalue weighted by molar-refractivity contribution is -0.379. The molecule has 0 aliphatic carbocycles. The maximum Gasteiger partial charge on any atom is 0.276 e. The van der Waals surface area contributed by atoms with E-state index in [2.05, 4.69) is 10.9 Å². The van der Waals surface area contributed by atoms with E-state index >= 15 is 0 Å². The number of rotatable bonds is 3. The Labute approximate surface area is 98.3 Å². The standard InChI is InChI=1S/C11H13N3O3/c1-7(2)10(15)12-13-11(16)8-5-3-4-6-9(8)14-17/h3-7H,1-2H3,(H,12,15)(H,13,16)/p+1. The number of carbonyl (C=O) groups excluding carboxylic acids is 2. The largest absolute Gasteiger partial charge is 0.276 e. The van der Waals surface area contributed by atoms with E-state index in [-0.39, 0.29) is 23.1 Å². The SMILES string of the molecule is CC(C)C(=O)NNC(=O)c1ccccc1[NH+]=O. The Hall–Kier alpha value is -2.24. The Morgan fingerprint density at radius 2 is 1.82 bits per heavy atom. The number of nitroso groups, excluding NO2 is 1. The topological polar surface area (TPSA) is 89.2 Å². The molecule has 17 heavy (non-hydrogen) atoms. The maximum absolute atomic E-state index is 11.6. The molecule has 0 fully saturated rings. The van der Waals surface area contributed by atoms with Gasteiger partial charge in [-0.25, -0.2) is 0 Å². The Balaban J connectivity index is 2.70. The highest BCUT2D eigenvalue weighted by molar-refractivity contribution is 5.98. The third-order valence-electron chi connectivity index (χ3n) is 2.11. The molecular formula is C11H14N3O3+. The number of benzene rings is 1. The molecule has 1 aromatic rings. The molecule has 90 valence electrons. The van der Waals surface area contributed by atoms with Crippen molar-refractivity contribution in [2.45, 2.75) is 13.8 Å². The van der Waals surface area contributed by atoms with Gasteiger partial charge in [-0.2, -0.15) is 0 Å². The summed E-state index contributed by atoms with van der Waals surface area (Å²) < 4.78 is 0. The number of nitrogens with one attached hydrogen (secondary N) is 3. The zero-order chi connectivity index (χ0) is 12.8. The van der Waals surface area contributed by atoms with Gasteiger partial charge >= 0.3 is 0 Å². The number of hydrazine groups is 1. The molecule has 0 atom stereocenters. The zero-order valence-electron chi connectivity index (χ0n) is 9.61. The molecule has 6 nitrogen and oxygen atoms in total. The minimum Gasteiger partial charge on any atom is -0.273 e. The quantitative estimate of drug-likeness (QED) is 0.623. The number of carbonyl (C=O) groups is 2. The highest BCUT2D eigenvalue weighted by atomic mass is 16.3. The summed E-state index contributed by atoms with van der Waals surface area (Å²) in [7, 11) is 0. The average Bonchev–Trinajstić information content (AvgIpc) is 2.35. The molecule has 0 saturated heterocycles. The van der Waals surface area contributed by atoms with E-state index in [4.69, 9.17) is 0 Å². The van der Waals surface area contributed by atoms with Crippen LogP contribution in [0.15, 0.2) is 24.3 Å². The second kappa shape index (κ2) is 5.74. The first-order valence-electron chi connectivity index (χ1n) is 5.13. The fourth-order valence-corrected chi connectivity index (χ4v) is 1.10. The maximum atomic E-state index is 11.6. The molecule has 0 spiro atoms. The van der Waals surface area contributed by atoms with Gasteiger partial charge in [0, 0.05) is 22.1 Å². The molecule has 6 heteroatoms. The van der Waals surface area contributed by atoms with Gasteiger partial charge in [-0.05, 0) is 6.07 Å². The van der Waals surface area contributed by atoms with Crippen molar-refractivity contribution in [3.8, 4) is 0 Å². The summed E-state index contributed by atoms with van der Waals surface area (Å²) in [6.45, 7) is 3.41. The van der Waals surface area contributed by atoms with Gasteiger partial charge < -0.3 is 0 Å². The second-order valence-electron chi connectivity index (χ2n) is 3.75. The van der Waals surface area contributed by atoms with E-state index in [1.165, 1.54) is 12.1 Å². The number of amides is 2. The number of para-hydroxylation sites is 1. The normalized spacial score (nSPS) is 9.82. The van der Waals surface area contributed by atoms with Crippen molar-refractivity contribution in [2.24, 2.45) is 5.92 Å². The van der Waals surface area contributed by atoms with Crippen LogP contribution >= 0.6 is 0 Å². The van der Waals surface area contributed by atoms with Gasteiger partial charge in [0.2, 0.25) is 5.91 Å². The first kappa shape index (κ1) is 12.8. The third kappa shape index (κ3) is 3.37. The Bertz CT molecular complexity index is 443. The third-order valence-corrected chi connectivity index (χ3v) is 2.11. The zero-order valence-corrected chi connectivity index (χ0v) is 9.61. The van der Waals surface area contributed by atoms with Gasteiger partial charge in [-0.15, -0.1) is 0 Å². The summed E-state index contributed by atoms with van der Waals surface area (Å²) in [5.41, 5.74) is 4.83. The summed E-state index contributed by atoms with van der Waals surface area (Å²) in [6, 6.07) is 6.22. The first-order chi connectivity index (χ1) is 8.06. The minimum absolute atomic E-state index is 0.156. The minimum atomic E-state index is -0.544. The highest BCUT2D eigenvalue weighted by Crippen LogP contribution is 2.07. The van der Waals surface area contributed by atoms with Gasteiger partial charge in [-0.3, -0.25) is 20.4 Å². The Morgan fingerprint density at radius 3 is 2.41 bits per heavy atom. The molecule has 0 bridgehead atoms. The van der Waals surface area contributed by atoms with E-state index in [1.807, 2.05) is 0 Å². The van der Waals surface area contributed by atoms with Crippen molar-refractivity contribution in [2.75, 3.05) is 0 Å². The number of hydrogen-bond donors (Lipinski definition) is 3. The van der Waals surface area contributed by atoms with Crippen LogP contribution in [0.2, 0.25) is 0 Å². The van der Waals surface area contributed by atoms with Crippen LogP contribution in [0.5, 0.6) is 0 Å². The monoisotopic (exact) mass is 236 g/mol. The van der Waals surface area contributed by atoms with Crippen LogP contribution in [0.25, 0.3) is 0 Å². The molecule has 0 radical (unpaired) electrons. The molecule has 0 aliphatic heterocycles. The summed E-state index contributed by atoms with van der Waals surface area (Å²) in [5, 5.41) is 1.66. The first-order valence-corrected chi connectivity index (χ1v) is 5.13. The van der Waals surface area contributed by atoms with Gasteiger partial charge in [0.1, 0.15) is 5.56 Å². The van der Waals surface area contributed by atoms with Crippen LogP contribution in [0.1, 0.15) is 24.2 Å². The summed E-state index contributed by atoms with van der Waals surface area (Å²) in [4.78, 5) is 33.5. The van der Waals surface area contributed by atoms with Crippen molar-refractivity contribution >= 4 is 17.5 Å². The Kier molecular flexibility index (Phi) is 4.33. The van der Waals surface area contributed by atoms with Crippen LogP contribution in [0.3, 0.4) is 0 Å². The van der Waals surface area contributed by atoms with E-state index in [1.54, 1.807) is 31.2 Å². The van der Waals surface area contributed by atoms with Gasteiger partial charge in [0.25, 0.3) is 11.6 Å².